The molecule has 0 saturated heterocycles. The number of rotatable bonds is 0. The minimum absolute atomic E-state index is 1.07. The van der Waals surface area contributed by atoms with Crippen LogP contribution in [0.25, 0.3) is 71.3 Å². The van der Waals surface area contributed by atoms with Gasteiger partial charge in [0.05, 0.1) is 5.70 Å². The van der Waals surface area contributed by atoms with Gasteiger partial charge in [-0.05, 0) is 90.0 Å². The number of hydrogen-bond donors (Lipinski definition) is 1. The molecule has 4 heterocycles. The van der Waals surface area contributed by atoms with Crippen LogP contribution in [-0.2, 0) is 0 Å². The van der Waals surface area contributed by atoms with Crippen molar-refractivity contribution >= 4 is 95.1 Å². The maximum Gasteiger partial charge on any atom is 0.0740 e. The Labute approximate surface area is 287 Å². The zero-order chi connectivity index (χ0) is 31.9. The van der Waals surface area contributed by atoms with Crippen molar-refractivity contribution in [3.8, 4) is 11.1 Å². The molecule has 1 aromatic heterocycles. The van der Waals surface area contributed by atoms with Gasteiger partial charge in [0, 0.05) is 44.1 Å². The van der Waals surface area contributed by atoms with Crippen LogP contribution in [0, 0.1) is 0 Å². The fraction of sp³-hybridized carbons (Fsp3) is 0.0227. The Balaban J connectivity index is 0.000000101. The van der Waals surface area contributed by atoms with Gasteiger partial charge in [0.2, 0.25) is 0 Å². The summed E-state index contributed by atoms with van der Waals surface area (Å²) >= 11 is 3.66. The molecule has 3 aliphatic rings. The van der Waals surface area contributed by atoms with E-state index in [9.17, 15) is 0 Å². The number of benzene rings is 7. The SMILES string of the molecule is C1=Cc2ccccc2-c2ccccc2N1.C1=NC2=CCSC2=c2ccsc2=C1.c1ccc2c(c1)c1cccc3ccc4cccc2c4c31. The standard InChI is InChI=1S/C20H12.C14H11N.C10H7NS2/c1-2-8-16-15(7-1)17-9-3-5-13-11-12-14-6-4-10-18(16)20(14)19(13)17;1-2-6-12-11(5-1)9-10-15-14-8-4-3-7-13(12)14;1-4-11-8-3-6-13-10(8)7-2-5-12-9(1)7/h1-12H;1-10,15H;1-5H,6H2. The van der Waals surface area contributed by atoms with E-state index in [0.717, 1.165) is 11.4 Å². The van der Waals surface area contributed by atoms with Gasteiger partial charge in [0.25, 0.3) is 0 Å². The largest absolute Gasteiger partial charge is 0.361 e. The number of nitrogens with one attached hydrogen (secondary N) is 1. The van der Waals surface area contributed by atoms with Crippen LogP contribution in [0.5, 0.6) is 0 Å². The van der Waals surface area contributed by atoms with E-state index in [1.54, 1.807) is 11.3 Å². The summed E-state index contributed by atoms with van der Waals surface area (Å²) in [6.07, 6.45) is 10.3. The van der Waals surface area contributed by atoms with Crippen LogP contribution in [0.1, 0.15) is 5.56 Å². The third kappa shape index (κ3) is 5.02. The summed E-state index contributed by atoms with van der Waals surface area (Å²) in [7, 11) is 0. The van der Waals surface area contributed by atoms with Gasteiger partial charge in [-0.25, -0.2) is 0 Å². The van der Waals surface area contributed by atoms with Crippen LogP contribution in [0.15, 0.2) is 156 Å². The molecule has 4 heteroatoms. The number of aliphatic imine (C=N–C) groups is 1. The lowest BCUT2D eigenvalue weighted by Gasteiger charge is -2.14. The highest BCUT2D eigenvalue weighted by Crippen LogP contribution is 2.40. The maximum absolute atomic E-state index is 4.40. The summed E-state index contributed by atoms with van der Waals surface area (Å²) in [5, 5.41) is 17.7. The molecule has 0 atom stereocenters. The van der Waals surface area contributed by atoms with Gasteiger partial charge < -0.3 is 5.32 Å². The first-order valence-corrected chi connectivity index (χ1v) is 18.0. The van der Waals surface area contributed by atoms with Gasteiger partial charge >= 0.3 is 0 Å². The third-order valence-electron chi connectivity index (χ3n) is 9.19. The summed E-state index contributed by atoms with van der Waals surface area (Å²) in [6, 6.07) is 45.4. The minimum atomic E-state index is 1.07. The highest BCUT2D eigenvalue weighted by Gasteiger charge is 2.14. The fourth-order valence-corrected chi connectivity index (χ4v) is 8.91. The van der Waals surface area contributed by atoms with Gasteiger partial charge in [-0.2, -0.15) is 0 Å². The minimum Gasteiger partial charge on any atom is -0.361 e. The molecule has 2 nitrogen and oxygen atoms in total. The summed E-state index contributed by atoms with van der Waals surface area (Å²) < 4.78 is 1.33. The van der Waals surface area contributed by atoms with Crippen LogP contribution in [-0.4, -0.2) is 12.0 Å². The number of thioether (sulfide) groups is 1. The molecule has 0 amide bonds. The van der Waals surface area contributed by atoms with Crippen molar-refractivity contribution in [2.75, 3.05) is 11.1 Å². The number of hydrogen-bond acceptors (Lipinski definition) is 4. The van der Waals surface area contributed by atoms with E-state index >= 15 is 0 Å². The van der Waals surface area contributed by atoms with Crippen molar-refractivity contribution in [2.45, 2.75) is 0 Å². The molecule has 3 aliphatic heterocycles. The monoisotopic (exact) mass is 650 g/mol. The molecule has 0 radical (unpaired) electrons. The van der Waals surface area contributed by atoms with E-state index in [1.807, 2.05) is 30.2 Å². The van der Waals surface area contributed by atoms with E-state index in [0.29, 0.717) is 0 Å². The van der Waals surface area contributed by atoms with Crippen molar-refractivity contribution < 1.29 is 0 Å². The van der Waals surface area contributed by atoms with E-state index < -0.39 is 0 Å². The number of anilines is 1. The molecule has 0 bridgehead atoms. The van der Waals surface area contributed by atoms with Crippen LogP contribution in [0.2, 0.25) is 0 Å². The summed E-state index contributed by atoms with van der Waals surface area (Å²) in [4.78, 5) is 5.75. The zero-order valence-corrected chi connectivity index (χ0v) is 27.7. The van der Waals surface area contributed by atoms with Gasteiger partial charge in [-0.3, -0.25) is 4.99 Å². The first-order valence-electron chi connectivity index (χ1n) is 16.1. The number of thiophene rings is 1. The normalized spacial score (nSPS) is 13.9. The Morgan fingerprint density at radius 1 is 0.604 bits per heavy atom. The third-order valence-corrected chi connectivity index (χ3v) is 11.1. The molecule has 228 valence electrons. The lowest BCUT2D eigenvalue weighted by molar-refractivity contribution is 1.46. The van der Waals surface area contributed by atoms with Crippen molar-refractivity contribution in [3.05, 3.63) is 166 Å². The zero-order valence-electron chi connectivity index (χ0n) is 26.1. The molecule has 7 aromatic carbocycles. The maximum atomic E-state index is 4.40. The Hall–Kier alpha value is -5.42. The lowest BCUT2D eigenvalue weighted by atomic mass is 9.89. The Morgan fingerprint density at radius 2 is 1.27 bits per heavy atom. The summed E-state index contributed by atoms with van der Waals surface area (Å²) in [5.41, 5.74) is 6.12. The number of fused-ring (bicyclic) bond motifs is 8. The molecular formula is C44H30N2S2. The van der Waals surface area contributed by atoms with Crippen LogP contribution >= 0.6 is 23.1 Å². The lowest BCUT2D eigenvalue weighted by Crippen LogP contribution is -2.19. The smallest absolute Gasteiger partial charge is 0.0740 e. The van der Waals surface area contributed by atoms with E-state index in [-0.39, 0.29) is 0 Å². The number of nitrogens with zero attached hydrogens (tertiary/aromatic N) is 1. The van der Waals surface area contributed by atoms with Gasteiger partial charge in [0.15, 0.2) is 0 Å². The molecule has 11 rings (SSSR count). The predicted octanol–water partition coefficient (Wildman–Crippen LogP) is 10.8. The van der Waals surface area contributed by atoms with Crippen molar-refractivity contribution in [1.82, 2.24) is 0 Å². The van der Waals surface area contributed by atoms with Crippen molar-refractivity contribution in [1.29, 1.82) is 0 Å². The van der Waals surface area contributed by atoms with Crippen LogP contribution in [0.4, 0.5) is 5.69 Å². The molecule has 0 unspecified atom stereocenters. The molecule has 0 saturated carbocycles. The van der Waals surface area contributed by atoms with Gasteiger partial charge in [-0.15, -0.1) is 23.1 Å². The summed E-state index contributed by atoms with van der Waals surface area (Å²) in [5.74, 6) is 1.07. The van der Waals surface area contributed by atoms with E-state index in [2.05, 4.69) is 155 Å². The van der Waals surface area contributed by atoms with Gasteiger partial charge in [0.1, 0.15) is 0 Å². The Morgan fingerprint density at radius 3 is 2.04 bits per heavy atom. The topological polar surface area (TPSA) is 24.4 Å². The quantitative estimate of drug-likeness (QED) is 0.130. The highest BCUT2D eigenvalue weighted by atomic mass is 32.2. The molecule has 0 spiro atoms. The molecule has 1 N–H and O–H groups in total. The Bertz CT molecular complexity index is 2620. The van der Waals surface area contributed by atoms with Gasteiger partial charge in [-0.1, -0.05) is 115 Å². The number of para-hydroxylation sites is 1. The second kappa shape index (κ2) is 12.3. The average Bonchev–Trinajstić information content (AvgIpc) is 3.73. The first kappa shape index (κ1) is 28.8. The summed E-state index contributed by atoms with van der Waals surface area (Å²) in [6.45, 7) is 0. The average molecular weight is 651 g/mol. The molecular weight excluding hydrogens is 621 g/mol. The van der Waals surface area contributed by atoms with E-state index in [1.165, 1.54) is 80.1 Å². The second-order valence-electron chi connectivity index (χ2n) is 11.9. The fourth-order valence-electron chi connectivity index (χ4n) is 7.03. The van der Waals surface area contributed by atoms with Crippen molar-refractivity contribution in [3.63, 3.8) is 0 Å². The first-order chi connectivity index (χ1) is 23.8. The molecule has 0 fully saturated rings. The molecule has 48 heavy (non-hydrogen) atoms. The molecule has 0 aliphatic carbocycles. The highest BCUT2D eigenvalue weighted by molar-refractivity contribution is 8.08. The molecule has 8 aromatic rings. The second-order valence-corrected chi connectivity index (χ2v) is 13.9. The predicted molar refractivity (Wildman–Crippen MR) is 213 cm³/mol. The van der Waals surface area contributed by atoms with Crippen molar-refractivity contribution in [2.24, 2.45) is 4.99 Å². The van der Waals surface area contributed by atoms with Crippen LogP contribution in [0.3, 0.4) is 0 Å². The van der Waals surface area contributed by atoms with E-state index in [4.69, 9.17) is 0 Å². The van der Waals surface area contributed by atoms with Crippen LogP contribution < -0.4 is 15.1 Å². The Kier molecular flexibility index (Phi) is 7.38.